The first kappa shape index (κ1) is 40.6. The number of para-hydroxylation sites is 4. The van der Waals surface area contributed by atoms with Gasteiger partial charge in [0, 0.05) is 49.7 Å². The van der Waals surface area contributed by atoms with E-state index < -0.39 is 0 Å². The summed E-state index contributed by atoms with van der Waals surface area (Å²) in [6, 6.07) is 93.8. The quantitative estimate of drug-likeness (QED) is 0.152. The van der Waals surface area contributed by atoms with Gasteiger partial charge in [-0.25, -0.2) is 0 Å². The highest BCUT2D eigenvalue weighted by Gasteiger charge is 2.19. The van der Waals surface area contributed by atoms with Crippen molar-refractivity contribution in [1.82, 2.24) is 0 Å². The molecule has 0 saturated heterocycles. The topological polar surface area (TPSA) is 29.5 Å². The van der Waals surface area contributed by atoms with E-state index in [1.54, 1.807) is 0 Å². The van der Waals surface area contributed by atoms with Crippen molar-refractivity contribution in [3.8, 4) is 55.6 Å². The average molecular weight is 906 g/mol. The van der Waals surface area contributed by atoms with Gasteiger partial charge in [-0.1, -0.05) is 206 Å². The van der Waals surface area contributed by atoms with E-state index in [2.05, 4.69) is 241 Å². The fraction of sp³-hybridized carbons (Fsp3) is 0. The summed E-state index contributed by atoms with van der Waals surface area (Å²) in [5, 5.41) is 9.42. The summed E-state index contributed by atoms with van der Waals surface area (Å²) in [6.45, 7) is 0. The number of nitrogens with zero attached hydrogens (tertiary/aromatic N) is 1. The molecule has 2 heterocycles. The number of furan rings is 2. The van der Waals surface area contributed by atoms with E-state index in [9.17, 15) is 0 Å². The van der Waals surface area contributed by atoms with Gasteiger partial charge in [0.25, 0.3) is 0 Å². The van der Waals surface area contributed by atoms with Gasteiger partial charge < -0.3 is 13.7 Å². The maximum absolute atomic E-state index is 6.49. The summed E-state index contributed by atoms with van der Waals surface area (Å²) in [4.78, 5) is 2.35. The van der Waals surface area contributed by atoms with Crippen LogP contribution in [0, 0.1) is 0 Å². The van der Waals surface area contributed by atoms with Gasteiger partial charge in [-0.15, -0.1) is 0 Å². The lowest BCUT2D eigenvalue weighted by molar-refractivity contribution is 0.669. The van der Waals surface area contributed by atoms with Gasteiger partial charge in [0.1, 0.15) is 22.3 Å². The Kier molecular flexibility index (Phi) is 9.53. The van der Waals surface area contributed by atoms with Crippen LogP contribution in [0.4, 0.5) is 17.1 Å². The molecule has 0 aliphatic rings. The summed E-state index contributed by atoms with van der Waals surface area (Å²) in [6.07, 6.45) is 0. The lowest BCUT2D eigenvalue weighted by Gasteiger charge is -2.26. The molecule has 0 amide bonds. The Morgan fingerprint density at radius 2 is 0.592 bits per heavy atom. The Labute approximate surface area is 410 Å². The van der Waals surface area contributed by atoms with Gasteiger partial charge in [0.2, 0.25) is 0 Å². The first-order valence-electron chi connectivity index (χ1n) is 24.2. The number of hydrogen-bond acceptors (Lipinski definition) is 3. The third-order valence-electron chi connectivity index (χ3n) is 14.3. The Hall–Kier alpha value is -9.44. The van der Waals surface area contributed by atoms with Crippen LogP contribution in [-0.2, 0) is 0 Å². The number of rotatable bonds is 8. The Bertz CT molecular complexity index is 4160. The summed E-state index contributed by atoms with van der Waals surface area (Å²) in [5.74, 6) is 0. The second-order valence-corrected chi connectivity index (χ2v) is 18.4. The average Bonchev–Trinajstić information content (AvgIpc) is 4.02. The summed E-state index contributed by atoms with van der Waals surface area (Å²) in [7, 11) is 0. The second kappa shape index (κ2) is 16.7. The zero-order chi connectivity index (χ0) is 46.8. The number of fused-ring (bicyclic) bond motifs is 8. The molecule has 0 aliphatic carbocycles. The molecule has 3 heteroatoms. The zero-order valence-corrected chi connectivity index (χ0v) is 38.6. The fourth-order valence-corrected chi connectivity index (χ4v) is 10.9. The fourth-order valence-electron chi connectivity index (χ4n) is 10.9. The number of benzene rings is 12. The summed E-state index contributed by atoms with van der Waals surface area (Å²) < 4.78 is 13.0. The molecule has 12 aromatic carbocycles. The highest BCUT2D eigenvalue weighted by Crippen LogP contribution is 2.44. The molecule has 3 nitrogen and oxygen atoms in total. The van der Waals surface area contributed by atoms with E-state index in [0.29, 0.717) is 0 Å². The van der Waals surface area contributed by atoms with Crippen molar-refractivity contribution >= 4 is 82.5 Å². The van der Waals surface area contributed by atoms with Crippen molar-refractivity contribution in [1.29, 1.82) is 0 Å². The van der Waals surface area contributed by atoms with Gasteiger partial charge in [-0.05, 0) is 121 Å². The largest absolute Gasteiger partial charge is 0.455 e. The maximum atomic E-state index is 6.49. The first-order chi connectivity index (χ1) is 35.2. The van der Waals surface area contributed by atoms with Gasteiger partial charge in [-0.3, -0.25) is 0 Å². The van der Waals surface area contributed by atoms with Crippen molar-refractivity contribution in [2.24, 2.45) is 0 Å². The van der Waals surface area contributed by atoms with Crippen molar-refractivity contribution in [2.45, 2.75) is 0 Å². The van der Waals surface area contributed by atoms with Crippen LogP contribution in [0.15, 0.2) is 270 Å². The Morgan fingerprint density at radius 1 is 0.225 bits per heavy atom. The monoisotopic (exact) mass is 905 g/mol. The van der Waals surface area contributed by atoms with Crippen LogP contribution in [0.5, 0.6) is 0 Å². The molecule has 332 valence electrons. The molecule has 14 rings (SSSR count). The van der Waals surface area contributed by atoms with Crippen LogP contribution in [0.2, 0.25) is 0 Å². The summed E-state index contributed by atoms with van der Waals surface area (Å²) >= 11 is 0. The van der Waals surface area contributed by atoms with Gasteiger partial charge in [0.15, 0.2) is 0 Å². The van der Waals surface area contributed by atoms with E-state index in [4.69, 9.17) is 8.83 Å². The van der Waals surface area contributed by atoms with E-state index in [1.165, 1.54) is 49.4 Å². The minimum Gasteiger partial charge on any atom is -0.455 e. The minimum absolute atomic E-state index is 0.894. The normalized spacial score (nSPS) is 11.7. The second-order valence-electron chi connectivity index (χ2n) is 18.4. The molecule has 0 aliphatic heterocycles. The molecule has 0 fully saturated rings. The standard InChI is InChI=1S/C68H43NO2/c1-3-17-53-44(13-1)15-9-21-55(53)49-35-42-59(58-24-10-16-45-14-2-4-18-54(45)58)64(43-49)48-33-40-52(41-34-48)69(50-36-29-46(30-37-50)56-22-11-25-62-60-19-5-7-27-65(60)70-67(56)62)51-38-31-47(32-39-51)57-23-12-26-63-61-20-6-8-28-66(61)71-68(57)63/h1-43H. The van der Waals surface area contributed by atoms with Crippen LogP contribution in [-0.4, -0.2) is 0 Å². The zero-order valence-electron chi connectivity index (χ0n) is 38.6. The van der Waals surface area contributed by atoms with Crippen molar-refractivity contribution in [3.63, 3.8) is 0 Å². The Morgan fingerprint density at radius 3 is 1.11 bits per heavy atom. The third kappa shape index (κ3) is 6.89. The highest BCUT2D eigenvalue weighted by atomic mass is 16.3. The lowest BCUT2D eigenvalue weighted by atomic mass is 9.88. The molecule has 0 atom stereocenters. The molecule has 0 saturated carbocycles. The van der Waals surface area contributed by atoms with Crippen LogP contribution in [0.1, 0.15) is 0 Å². The predicted molar refractivity (Wildman–Crippen MR) is 298 cm³/mol. The van der Waals surface area contributed by atoms with Crippen molar-refractivity contribution < 1.29 is 8.83 Å². The van der Waals surface area contributed by atoms with Crippen LogP contribution in [0.3, 0.4) is 0 Å². The van der Waals surface area contributed by atoms with E-state index in [1.807, 2.05) is 24.3 Å². The summed E-state index contributed by atoms with van der Waals surface area (Å²) in [5.41, 5.74) is 18.2. The van der Waals surface area contributed by atoms with Crippen LogP contribution in [0.25, 0.3) is 121 Å². The predicted octanol–water partition coefficient (Wildman–Crippen LogP) is 19.6. The molecular weight excluding hydrogens is 863 g/mol. The first-order valence-corrected chi connectivity index (χ1v) is 24.2. The Balaban J connectivity index is 0.899. The molecule has 0 radical (unpaired) electrons. The molecule has 14 aromatic rings. The molecule has 0 spiro atoms. The molecule has 0 unspecified atom stereocenters. The third-order valence-corrected chi connectivity index (χ3v) is 14.3. The number of anilines is 3. The van der Waals surface area contributed by atoms with Gasteiger partial charge in [-0.2, -0.15) is 0 Å². The van der Waals surface area contributed by atoms with E-state index in [-0.39, 0.29) is 0 Å². The van der Waals surface area contributed by atoms with Crippen LogP contribution >= 0.6 is 0 Å². The van der Waals surface area contributed by atoms with Gasteiger partial charge in [0.05, 0.1) is 0 Å². The smallest absolute Gasteiger partial charge is 0.143 e. The van der Waals surface area contributed by atoms with Crippen molar-refractivity contribution in [2.75, 3.05) is 4.90 Å². The minimum atomic E-state index is 0.894. The lowest BCUT2D eigenvalue weighted by Crippen LogP contribution is -2.09. The maximum Gasteiger partial charge on any atom is 0.143 e. The molecular formula is C68H43NO2. The number of hydrogen-bond donors (Lipinski definition) is 0. The van der Waals surface area contributed by atoms with Gasteiger partial charge >= 0.3 is 0 Å². The SMILES string of the molecule is c1ccc2c(-c3ccc(-c4cccc5ccccc45)c(-c4ccc(N(c5ccc(-c6cccc7c6oc6ccccc67)cc5)c5ccc(-c6cccc7c6oc6ccccc67)cc5)cc4)c3)cccc2c1. The molecule has 0 bridgehead atoms. The molecule has 0 N–H and O–H groups in total. The van der Waals surface area contributed by atoms with E-state index in [0.717, 1.165) is 88.8 Å². The van der Waals surface area contributed by atoms with Crippen LogP contribution < -0.4 is 4.90 Å². The molecule has 2 aromatic heterocycles. The van der Waals surface area contributed by atoms with E-state index >= 15 is 0 Å². The highest BCUT2D eigenvalue weighted by molar-refractivity contribution is 6.11. The van der Waals surface area contributed by atoms with Crippen molar-refractivity contribution in [3.05, 3.63) is 261 Å². The molecule has 71 heavy (non-hydrogen) atoms.